The zero-order chi connectivity index (χ0) is 15.0. The maximum atomic E-state index is 6.03. The minimum atomic E-state index is -0.383. The fraction of sp³-hybridized carbons (Fsp3) is 0.500. The topological polar surface area (TPSA) is 57.4 Å². The number of rotatable bonds is 3. The molecule has 0 aromatic carbocycles. The lowest BCUT2D eigenvalue weighted by Gasteiger charge is -2.32. The molecule has 0 bridgehead atoms. The van der Waals surface area contributed by atoms with Crippen molar-refractivity contribution in [2.45, 2.75) is 38.9 Å². The maximum absolute atomic E-state index is 6.03. The summed E-state index contributed by atoms with van der Waals surface area (Å²) >= 11 is 4.39. The van der Waals surface area contributed by atoms with Gasteiger partial charge < -0.3 is 15.0 Å². The van der Waals surface area contributed by atoms with Gasteiger partial charge in [0, 0.05) is 11.9 Å². The van der Waals surface area contributed by atoms with E-state index >= 15 is 0 Å². The Morgan fingerprint density at radius 3 is 2.45 bits per heavy atom. The lowest BCUT2D eigenvalue weighted by Crippen LogP contribution is -2.41. The SMILES string of the molecule is CC1(C)OB(C(=Cc2ccnc(N)c2)CS)OC1(C)C. The minimum Gasteiger partial charge on any atom is -0.400 e. The summed E-state index contributed by atoms with van der Waals surface area (Å²) in [5.41, 5.74) is 6.93. The van der Waals surface area contributed by atoms with Gasteiger partial charge in [-0.15, -0.1) is 0 Å². The zero-order valence-corrected chi connectivity index (χ0v) is 13.3. The highest BCUT2D eigenvalue weighted by Gasteiger charge is 2.52. The van der Waals surface area contributed by atoms with Gasteiger partial charge in [0.05, 0.1) is 11.2 Å². The van der Waals surface area contributed by atoms with Gasteiger partial charge in [-0.25, -0.2) is 4.98 Å². The molecule has 2 N–H and O–H groups in total. The standard InChI is InChI=1S/C14H21BN2O2S/c1-13(2)14(3,4)19-15(18-13)11(9-20)7-10-5-6-17-12(16)8-10/h5-8,20H,9H2,1-4H3,(H2,16,17). The normalized spacial score (nSPS) is 21.2. The van der Waals surface area contributed by atoms with Crippen LogP contribution in [-0.2, 0) is 9.31 Å². The Kier molecular flexibility index (Phi) is 4.18. The number of aromatic nitrogens is 1. The van der Waals surface area contributed by atoms with Gasteiger partial charge in [-0.2, -0.15) is 12.6 Å². The van der Waals surface area contributed by atoms with Crippen molar-refractivity contribution in [3.05, 3.63) is 29.4 Å². The number of pyridine rings is 1. The first-order valence-electron chi connectivity index (χ1n) is 6.64. The van der Waals surface area contributed by atoms with Crippen molar-refractivity contribution >= 4 is 31.6 Å². The largest absolute Gasteiger partial charge is 0.491 e. The smallest absolute Gasteiger partial charge is 0.400 e. The van der Waals surface area contributed by atoms with Gasteiger partial charge in [0.1, 0.15) is 5.82 Å². The highest BCUT2D eigenvalue weighted by Crippen LogP contribution is 2.38. The summed E-state index contributed by atoms with van der Waals surface area (Å²) in [7, 11) is -0.383. The third-order valence-electron chi connectivity index (χ3n) is 3.90. The molecule has 4 nitrogen and oxygen atoms in total. The van der Waals surface area contributed by atoms with Crippen molar-refractivity contribution < 1.29 is 9.31 Å². The number of anilines is 1. The van der Waals surface area contributed by atoms with Crippen molar-refractivity contribution in [1.82, 2.24) is 4.98 Å². The monoisotopic (exact) mass is 292 g/mol. The van der Waals surface area contributed by atoms with Crippen LogP contribution in [0.25, 0.3) is 6.08 Å². The molecule has 0 spiro atoms. The van der Waals surface area contributed by atoms with Crippen LogP contribution >= 0.6 is 12.6 Å². The molecule has 1 aliphatic heterocycles. The van der Waals surface area contributed by atoms with Gasteiger partial charge in [0.25, 0.3) is 0 Å². The number of hydrogen-bond donors (Lipinski definition) is 2. The Labute approximate surface area is 126 Å². The lowest BCUT2D eigenvalue weighted by molar-refractivity contribution is 0.00578. The maximum Gasteiger partial charge on any atom is 0.491 e. The van der Waals surface area contributed by atoms with Crippen LogP contribution in [0.15, 0.2) is 23.8 Å². The molecule has 2 heterocycles. The summed E-state index contributed by atoms with van der Waals surface area (Å²) in [6.45, 7) is 8.14. The molecule has 1 saturated heterocycles. The molecule has 0 atom stereocenters. The highest BCUT2D eigenvalue weighted by atomic mass is 32.1. The summed E-state index contributed by atoms with van der Waals surface area (Å²) in [6.07, 6.45) is 3.68. The van der Waals surface area contributed by atoms with Crippen LogP contribution in [0.2, 0.25) is 0 Å². The van der Waals surface area contributed by atoms with Gasteiger partial charge in [-0.1, -0.05) is 6.08 Å². The molecule has 0 unspecified atom stereocenters. The molecule has 0 saturated carbocycles. The van der Waals surface area contributed by atoms with E-state index in [1.54, 1.807) is 6.20 Å². The molecule has 1 fully saturated rings. The second-order valence-electron chi connectivity index (χ2n) is 5.98. The number of hydrogen-bond acceptors (Lipinski definition) is 5. The highest BCUT2D eigenvalue weighted by molar-refractivity contribution is 7.80. The van der Waals surface area contributed by atoms with Crippen LogP contribution in [0, 0.1) is 0 Å². The van der Waals surface area contributed by atoms with Crippen molar-refractivity contribution in [2.24, 2.45) is 0 Å². The molecule has 108 valence electrons. The fourth-order valence-corrected chi connectivity index (χ4v) is 2.19. The Bertz CT molecular complexity index is 516. The molecule has 0 aliphatic carbocycles. The van der Waals surface area contributed by atoms with E-state index in [1.165, 1.54) is 0 Å². The Morgan fingerprint density at radius 2 is 1.95 bits per heavy atom. The molecule has 0 amide bonds. The Balaban J connectivity index is 2.26. The third-order valence-corrected chi connectivity index (χ3v) is 4.26. The number of thiol groups is 1. The van der Waals surface area contributed by atoms with Crippen molar-refractivity contribution in [1.29, 1.82) is 0 Å². The summed E-state index contributed by atoms with van der Waals surface area (Å²) < 4.78 is 12.1. The fourth-order valence-electron chi connectivity index (χ4n) is 1.95. The van der Waals surface area contributed by atoms with E-state index in [4.69, 9.17) is 15.0 Å². The van der Waals surface area contributed by atoms with Crippen LogP contribution in [0.5, 0.6) is 0 Å². The zero-order valence-electron chi connectivity index (χ0n) is 12.4. The second-order valence-corrected chi connectivity index (χ2v) is 6.30. The average Bonchev–Trinajstić information content (AvgIpc) is 2.55. The summed E-state index contributed by atoms with van der Waals surface area (Å²) in [5.74, 6) is 1.05. The van der Waals surface area contributed by atoms with Crippen LogP contribution in [0.3, 0.4) is 0 Å². The van der Waals surface area contributed by atoms with Crippen molar-refractivity contribution in [3.63, 3.8) is 0 Å². The summed E-state index contributed by atoms with van der Waals surface area (Å²) in [4.78, 5) is 3.98. The quantitative estimate of drug-likeness (QED) is 0.664. The van der Waals surface area contributed by atoms with Crippen LogP contribution in [0.1, 0.15) is 33.3 Å². The molecule has 6 heteroatoms. The number of nitrogens with zero attached hydrogens (tertiary/aromatic N) is 1. The van der Waals surface area contributed by atoms with E-state index in [2.05, 4.69) is 17.6 Å². The molecule has 1 aromatic rings. The molecule has 0 radical (unpaired) electrons. The minimum absolute atomic E-state index is 0.350. The van der Waals surface area contributed by atoms with Gasteiger partial charge in [0.15, 0.2) is 0 Å². The predicted molar refractivity (Wildman–Crippen MR) is 86.6 cm³/mol. The van der Waals surface area contributed by atoms with E-state index in [9.17, 15) is 0 Å². The molecular weight excluding hydrogens is 271 g/mol. The lowest BCUT2D eigenvalue weighted by atomic mass is 9.78. The molecule has 20 heavy (non-hydrogen) atoms. The Hall–Kier alpha value is -0.975. The first kappa shape index (κ1) is 15.4. The van der Waals surface area contributed by atoms with Gasteiger partial charge in [0.2, 0.25) is 0 Å². The summed E-state index contributed by atoms with van der Waals surface area (Å²) in [5, 5.41) is 0. The first-order chi connectivity index (χ1) is 9.25. The van der Waals surface area contributed by atoms with E-state index in [0.717, 1.165) is 11.0 Å². The molecule has 1 aliphatic rings. The summed E-state index contributed by atoms with van der Waals surface area (Å²) in [6, 6.07) is 3.71. The molecule has 2 rings (SSSR count). The van der Waals surface area contributed by atoms with E-state index < -0.39 is 0 Å². The van der Waals surface area contributed by atoms with E-state index in [0.29, 0.717) is 11.6 Å². The molecule has 1 aromatic heterocycles. The van der Waals surface area contributed by atoms with Crippen LogP contribution in [-0.4, -0.2) is 29.1 Å². The van der Waals surface area contributed by atoms with Crippen molar-refractivity contribution in [2.75, 3.05) is 11.5 Å². The predicted octanol–water partition coefficient (Wildman–Crippen LogP) is 2.61. The average molecular weight is 292 g/mol. The second kappa shape index (κ2) is 5.43. The van der Waals surface area contributed by atoms with Gasteiger partial charge >= 0.3 is 7.12 Å². The first-order valence-corrected chi connectivity index (χ1v) is 7.27. The molecular formula is C14H21BN2O2S. The van der Waals surface area contributed by atoms with Crippen LogP contribution < -0.4 is 5.73 Å². The third kappa shape index (κ3) is 3.02. The number of nitrogen functional groups attached to an aromatic ring is 1. The van der Waals surface area contributed by atoms with Gasteiger partial charge in [-0.3, -0.25) is 0 Å². The van der Waals surface area contributed by atoms with Crippen molar-refractivity contribution in [3.8, 4) is 0 Å². The van der Waals surface area contributed by atoms with Crippen LogP contribution in [0.4, 0.5) is 5.82 Å². The van der Waals surface area contributed by atoms with Gasteiger partial charge in [-0.05, 0) is 50.9 Å². The van der Waals surface area contributed by atoms with E-state index in [-0.39, 0.29) is 18.3 Å². The Morgan fingerprint density at radius 1 is 1.35 bits per heavy atom. The number of nitrogens with two attached hydrogens (primary N) is 1. The van der Waals surface area contributed by atoms with E-state index in [1.807, 2.05) is 45.9 Å².